The van der Waals surface area contributed by atoms with E-state index in [-0.39, 0.29) is 25.0 Å². The first-order valence-electron chi connectivity index (χ1n) is 11.1. The van der Waals surface area contributed by atoms with Crippen LogP contribution in [0, 0.1) is 11.8 Å². The number of carboxylic acids is 1. The van der Waals surface area contributed by atoms with E-state index in [4.69, 9.17) is 4.74 Å². The fourth-order valence-electron chi connectivity index (χ4n) is 4.40. The predicted octanol–water partition coefficient (Wildman–Crippen LogP) is 3.94. The molecular formula is C26H30N2O5. The van der Waals surface area contributed by atoms with Crippen molar-refractivity contribution in [2.75, 3.05) is 13.2 Å². The summed E-state index contributed by atoms with van der Waals surface area (Å²) in [7, 11) is 0. The molecule has 0 saturated heterocycles. The largest absolute Gasteiger partial charge is 0.481 e. The number of fused-ring (bicyclic) bond motifs is 3. The lowest BCUT2D eigenvalue weighted by molar-refractivity contribution is -0.144. The first kappa shape index (κ1) is 24.0. The summed E-state index contributed by atoms with van der Waals surface area (Å²) < 4.78 is 5.45. The highest BCUT2D eigenvalue weighted by molar-refractivity contribution is 5.88. The van der Waals surface area contributed by atoms with Crippen molar-refractivity contribution in [1.82, 2.24) is 10.6 Å². The number of rotatable bonds is 9. The molecule has 0 aliphatic heterocycles. The monoisotopic (exact) mass is 450 g/mol. The van der Waals surface area contributed by atoms with Crippen LogP contribution in [0.2, 0.25) is 0 Å². The minimum absolute atomic E-state index is 0.0194. The van der Waals surface area contributed by atoms with Crippen molar-refractivity contribution < 1.29 is 24.2 Å². The summed E-state index contributed by atoms with van der Waals surface area (Å²) in [5.41, 5.74) is 4.59. The fourth-order valence-corrected chi connectivity index (χ4v) is 4.40. The summed E-state index contributed by atoms with van der Waals surface area (Å²) in [6.45, 7) is 5.60. The number of alkyl carbamates (subject to hydrolysis) is 1. The highest BCUT2D eigenvalue weighted by atomic mass is 16.5. The van der Waals surface area contributed by atoms with E-state index < -0.39 is 29.9 Å². The van der Waals surface area contributed by atoms with Crippen LogP contribution in [0.4, 0.5) is 4.79 Å². The normalized spacial score (nSPS) is 14.4. The molecule has 2 aromatic rings. The topological polar surface area (TPSA) is 105 Å². The Morgan fingerprint density at radius 2 is 1.58 bits per heavy atom. The zero-order valence-corrected chi connectivity index (χ0v) is 19.1. The van der Waals surface area contributed by atoms with Gasteiger partial charge in [0.05, 0.1) is 5.92 Å². The van der Waals surface area contributed by atoms with Crippen LogP contribution in [0.1, 0.15) is 37.8 Å². The molecule has 2 aromatic carbocycles. The quantitative estimate of drug-likeness (QED) is 0.502. The van der Waals surface area contributed by atoms with Gasteiger partial charge in [-0.15, -0.1) is 0 Å². The van der Waals surface area contributed by atoms with Gasteiger partial charge in [0, 0.05) is 24.6 Å². The number of carbonyl (C=O) groups is 3. The van der Waals surface area contributed by atoms with Gasteiger partial charge in [-0.3, -0.25) is 9.59 Å². The van der Waals surface area contributed by atoms with Crippen molar-refractivity contribution in [3.63, 3.8) is 0 Å². The molecule has 0 aromatic heterocycles. The molecule has 7 nitrogen and oxygen atoms in total. The Labute approximate surface area is 193 Å². The molecule has 7 heteroatoms. The van der Waals surface area contributed by atoms with Gasteiger partial charge >= 0.3 is 12.1 Å². The van der Waals surface area contributed by atoms with E-state index in [1.165, 1.54) is 12.2 Å². The van der Waals surface area contributed by atoms with Gasteiger partial charge in [-0.05, 0) is 35.1 Å². The second-order valence-electron chi connectivity index (χ2n) is 8.51. The Kier molecular flexibility index (Phi) is 7.87. The maximum Gasteiger partial charge on any atom is 0.407 e. The van der Waals surface area contributed by atoms with Gasteiger partial charge in [-0.2, -0.15) is 0 Å². The number of aliphatic carboxylic acids is 1. The lowest BCUT2D eigenvalue weighted by Gasteiger charge is -2.23. The molecule has 0 saturated carbocycles. The second kappa shape index (κ2) is 10.8. The van der Waals surface area contributed by atoms with Crippen molar-refractivity contribution in [3.05, 3.63) is 71.8 Å². The zero-order chi connectivity index (χ0) is 24.0. The fraction of sp³-hybridized carbons (Fsp3) is 0.346. The van der Waals surface area contributed by atoms with E-state index in [0.29, 0.717) is 0 Å². The SMILES string of the molecule is CC(C)C(C(=O)O)C(C)NC(=O)/C=C/CNC(=O)OCC1c2ccccc2-c2ccccc21. The Balaban J connectivity index is 1.46. The van der Waals surface area contributed by atoms with Crippen molar-refractivity contribution in [2.24, 2.45) is 11.8 Å². The van der Waals surface area contributed by atoms with Gasteiger partial charge in [0.2, 0.25) is 5.91 Å². The van der Waals surface area contributed by atoms with E-state index in [9.17, 15) is 19.5 Å². The van der Waals surface area contributed by atoms with Crippen LogP contribution >= 0.6 is 0 Å². The van der Waals surface area contributed by atoms with Crippen LogP contribution < -0.4 is 10.6 Å². The Morgan fingerprint density at radius 3 is 2.12 bits per heavy atom. The third-order valence-corrected chi connectivity index (χ3v) is 5.89. The van der Waals surface area contributed by atoms with Crippen LogP contribution in [0.15, 0.2) is 60.7 Å². The molecule has 0 radical (unpaired) electrons. The Hall–Kier alpha value is -3.61. The van der Waals surface area contributed by atoms with Gasteiger partial charge < -0.3 is 20.5 Å². The maximum atomic E-state index is 12.2. The zero-order valence-electron chi connectivity index (χ0n) is 19.1. The van der Waals surface area contributed by atoms with Crippen LogP contribution in [-0.4, -0.2) is 42.3 Å². The number of benzene rings is 2. The molecule has 33 heavy (non-hydrogen) atoms. The highest BCUT2D eigenvalue weighted by Crippen LogP contribution is 2.44. The first-order chi connectivity index (χ1) is 15.8. The van der Waals surface area contributed by atoms with E-state index in [1.54, 1.807) is 20.8 Å². The lowest BCUT2D eigenvalue weighted by atomic mass is 9.89. The second-order valence-corrected chi connectivity index (χ2v) is 8.51. The molecule has 2 unspecified atom stereocenters. The molecular weight excluding hydrogens is 420 g/mol. The van der Waals surface area contributed by atoms with Crippen LogP contribution in [0.3, 0.4) is 0 Å². The summed E-state index contributed by atoms with van der Waals surface area (Å²) in [5, 5.41) is 14.6. The summed E-state index contributed by atoms with van der Waals surface area (Å²) in [6, 6.07) is 15.7. The minimum atomic E-state index is -0.946. The van der Waals surface area contributed by atoms with Crippen molar-refractivity contribution in [3.8, 4) is 11.1 Å². The van der Waals surface area contributed by atoms with Crippen LogP contribution in [-0.2, 0) is 14.3 Å². The minimum Gasteiger partial charge on any atom is -0.481 e. The molecule has 1 aliphatic carbocycles. The summed E-state index contributed by atoms with van der Waals surface area (Å²) in [6.07, 6.45) is 2.20. The number of hydrogen-bond donors (Lipinski definition) is 3. The van der Waals surface area contributed by atoms with Crippen molar-refractivity contribution in [2.45, 2.75) is 32.7 Å². The van der Waals surface area contributed by atoms with Crippen LogP contribution in [0.5, 0.6) is 0 Å². The number of ether oxygens (including phenoxy) is 1. The van der Waals surface area contributed by atoms with E-state index in [0.717, 1.165) is 22.3 Å². The summed E-state index contributed by atoms with van der Waals surface area (Å²) in [5.74, 6) is -2.17. The van der Waals surface area contributed by atoms with E-state index >= 15 is 0 Å². The molecule has 0 bridgehead atoms. The molecule has 3 rings (SSSR count). The standard InChI is InChI=1S/C26H30N2O5/c1-16(2)24(25(30)31)17(3)28-23(29)13-8-14-27-26(32)33-15-22-20-11-6-4-9-18(20)19-10-5-7-12-21(19)22/h4-13,16-17,22,24H,14-15H2,1-3H3,(H,27,32)(H,28,29)(H,30,31)/b13-8+. The average Bonchev–Trinajstić information content (AvgIpc) is 3.08. The number of amides is 2. The summed E-state index contributed by atoms with van der Waals surface area (Å²) in [4.78, 5) is 35.6. The molecule has 0 fully saturated rings. The van der Waals surface area contributed by atoms with Gasteiger partial charge in [-0.25, -0.2) is 4.79 Å². The molecule has 1 aliphatic rings. The third-order valence-electron chi connectivity index (χ3n) is 5.89. The molecule has 2 amide bonds. The maximum absolute atomic E-state index is 12.2. The van der Waals surface area contributed by atoms with Gasteiger partial charge in [0.25, 0.3) is 0 Å². The number of carbonyl (C=O) groups excluding carboxylic acids is 2. The summed E-state index contributed by atoms with van der Waals surface area (Å²) >= 11 is 0. The number of carboxylic acid groups (broad SMARTS) is 1. The van der Waals surface area contributed by atoms with Crippen molar-refractivity contribution in [1.29, 1.82) is 0 Å². The van der Waals surface area contributed by atoms with E-state index in [2.05, 4.69) is 34.9 Å². The number of hydrogen-bond acceptors (Lipinski definition) is 4. The predicted molar refractivity (Wildman–Crippen MR) is 126 cm³/mol. The number of nitrogens with one attached hydrogen (secondary N) is 2. The van der Waals surface area contributed by atoms with Gasteiger partial charge in [0.1, 0.15) is 6.61 Å². The molecule has 0 spiro atoms. The molecule has 0 heterocycles. The van der Waals surface area contributed by atoms with Gasteiger partial charge in [-0.1, -0.05) is 68.5 Å². The molecule has 2 atom stereocenters. The van der Waals surface area contributed by atoms with Crippen molar-refractivity contribution >= 4 is 18.0 Å². The molecule has 3 N–H and O–H groups in total. The smallest absolute Gasteiger partial charge is 0.407 e. The highest BCUT2D eigenvalue weighted by Gasteiger charge is 2.29. The first-order valence-corrected chi connectivity index (χ1v) is 11.1. The Bertz CT molecular complexity index is 1000. The average molecular weight is 451 g/mol. The van der Waals surface area contributed by atoms with Crippen LogP contribution in [0.25, 0.3) is 11.1 Å². The lowest BCUT2D eigenvalue weighted by Crippen LogP contribution is -2.43. The van der Waals surface area contributed by atoms with Gasteiger partial charge in [0.15, 0.2) is 0 Å². The van der Waals surface area contributed by atoms with E-state index in [1.807, 2.05) is 24.3 Å². The Morgan fingerprint density at radius 1 is 1.00 bits per heavy atom. The third kappa shape index (κ3) is 5.80. The molecule has 174 valence electrons.